The predicted molar refractivity (Wildman–Crippen MR) is 59.8 cm³/mol. The highest BCUT2D eigenvalue weighted by Crippen LogP contribution is 2.30. The first kappa shape index (κ1) is 12.2. The van der Waals surface area contributed by atoms with E-state index in [-0.39, 0.29) is 0 Å². The molecular formula is C9H12Cl2S. The van der Waals surface area contributed by atoms with Crippen molar-refractivity contribution in [3.05, 3.63) is 27.7 Å². The molecule has 12 heavy (non-hydrogen) atoms. The van der Waals surface area contributed by atoms with Gasteiger partial charge < -0.3 is 0 Å². The van der Waals surface area contributed by atoms with Crippen LogP contribution in [0.3, 0.4) is 0 Å². The van der Waals surface area contributed by atoms with Gasteiger partial charge in [0, 0.05) is 4.90 Å². The standard InChI is InChI=1S/C7H6Cl2S.C2H6/c1-4-2-3-5(8)7(10)6(4)9;1-2/h2-3,10H,1H3;1-2H3. The zero-order valence-electron chi connectivity index (χ0n) is 7.36. The number of rotatable bonds is 0. The minimum atomic E-state index is 0.596. The largest absolute Gasteiger partial charge is 0.140 e. The molecule has 1 rings (SSSR count). The van der Waals surface area contributed by atoms with Gasteiger partial charge >= 0.3 is 0 Å². The normalized spacial score (nSPS) is 8.83. The molecule has 0 heterocycles. The number of hydrogen-bond acceptors (Lipinski definition) is 1. The third-order valence-electron chi connectivity index (χ3n) is 1.26. The molecule has 0 aromatic heterocycles. The summed E-state index contributed by atoms with van der Waals surface area (Å²) in [5.74, 6) is 0. The van der Waals surface area contributed by atoms with E-state index >= 15 is 0 Å². The molecule has 0 aliphatic heterocycles. The molecule has 1 aromatic rings. The summed E-state index contributed by atoms with van der Waals surface area (Å²) in [6.07, 6.45) is 0. The number of halogens is 2. The molecule has 0 nitrogen and oxygen atoms in total. The Bertz CT molecular complexity index is 232. The van der Waals surface area contributed by atoms with Gasteiger partial charge in [0.1, 0.15) is 0 Å². The maximum Gasteiger partial charge on any atom is 0.0583 e. The molecular weight excluding hydrogens is 211 g/mol. The summed E-state index contributed by atoms with van der Waals surface area (Å²) >= 11 is 15.7. The first-order valence-electron chi connectivity index (χ1n) is 3.76. The molecule has 68 valence electrons. The molecule has 0 radical (unpaired) electrons. The molecule has 3 heteroatoms. The van der Waals surface area contributed by atoms with Crippen molar-refractivity contribution in [2.45, 2.75) is 25.7 Å². The molecule has 0 saturated heterocycles. The minimum Gasteiger partial charge on any atom is -0.140 e. The second-order valence-corrected chi connectivity index (χ2v) is 3.26. The predicted octanol–water partition coefficient (Wildman–Crippen LogP) is 4.62. The average molecular weight is 223 g/mol. The van der Waals surface area contributed by atoms with Crippen LogP contribution in [-0.4, -0.2) is 0 Å². The van der Waals surface area contributed by atoms with Gasteiger partial charge in [-0.05, 0) is 18.6 Å². The Morgan fingerprint density at radius 2 is 1.67 bits per heavy atom. The molecule has 0 fully saturated rings. The molecule has 0 N–H and O–H groups in total. The molecule has 0 unspecified atom stereocenters. The molecule has 0 amide bonds. The second kappa shape index (κ2) is 5.74. The average Bonchev–Trinajstić information content (AvgIpc) is 2.12. The Morgan fingerprint density at radius 1 is 1.17 bits per heavy atom. The lowest BCUT2D eigenvalue weighted by atomic mass is 10.2. The van der Waals surface area contributed by atoms with Crippen LogP contribution in [0.25, 0.3) is 0 Å². The van der Waals surface area contributed by atoms with Crippen molar-refractivity contribution in [1.82, 2.24) is 0 Å². The summed E-state index contributed by atoms with van der Waals surface area (Å²) < 4.78 is 0. The van der Waals surface area contributed by atoms with Crippen LogP contribution in [0.2, 0.25) is 10.0 Å². The zero-order valence-corrected chi connectivity index (χ0v) is 9.76. The van der Waals surface area contributed by atoms with E-state index in [2.05, 4.69) is 12.6 Å². The van der Waals surface area contributed by atoms with E-state index < -0.39 is 0 Å². The molecule has 0 saturated carbocycles. The Morgan fingerprint density at radius 3 is 2.08 bits per heavy atom. The van der Waals surface area contributed by atoms with Crippen LogP contribution in [0.4, 0.5) is 0 Å². The Hall–Kier alpha value is 0.150. The Kier molecular flexibility index (Phi) is 5.81. The van der Waals surface area contributed by atoms with E-state index in [0.717, 1.165) is 5.56 Å². The fourth-order valence-corrected chi connectivity index (χ4v) is 1.26. The van der Waals surface area contributed by atoms with Crippen molar-refractivity contribution < 1.29 is 0 Å². The SMILES string of the molecule is CC.Cc1ccc(Cl)c(S)c1Cl. The molecule has 0 spiro atoms. The Labute approximate surface area is 89.3 Å². The van der Waals surface area contributed by atoms with Gasteiger partial charge in [-0.2, -0.15) is 0 Å². The Balaban J connectivity index is 0.000000561. The highest BCUT2D eigenvalue weighted by Gasteiger charge is 2.02. The second-order valence-electron chi connectivity index (χ2n) is 2.03. The van der Waals surface area contributed by atoms with Gasteiger partial charge in [-0.1, -0.05) is 43.1 Å². The van der Waals surface area contributed by atoms with E-state index in [4.69, 9.17) is 23.2 Å². The van der Waals surface area contributed by atoms with Crippen molar-refractivity contribution in [3.63, 3.8) is 0 Å². The quantitative estimate of drug-likeness (QED) is 0.609. The van der Waals surface area contributed by atoms with Crippen LogP contribution >= 0.6 is 35.8 Å². The van der Waals surface area contributed by atoms with E-state index in [0.29, 0.717) is 14.9 Å². The van der Waals surface area contributed by atoms with Gasteiger partial charge in [0.05, 0.1) is 10.0 Å². The summed E-state index contributed by atoms with van der Waals surface area (Å²) in [4.78, 5) is 0.656. The molecule has 0 aliphatic rings. The van der Waals surface area contributed by atoms with Crippen LogP contribution in [-0.2, 0) is 0 Å². The van der Waals surface area contributed by atoms with Gasteiger partial charge in [0.15, 0.2) is 0 Å². The molecule has 0 atom stereocenters. The van der Waals surface area contributed by atoms with Crippen molar-refractivity contribution in [2.75, 3.05) is 0 Å². The van der Waals surface area contributed by atoms with E-state index in [1.54, 1.807) is 6.07 Å². The zero-order chi connectivity index (χ0) is 9.72. The van der Waals surface area contributed by atoms with Crippen LogP contribution in [0.1, 0.15) is 19.4 Å². The first-order valence-corrected chi connectivity index (χ1v) is 4.97. The molecule has 1 aromatic carbocycles. The lowest BCUT2D eigenvalue weighted by Gasteiger charge is -2.01. The highest BCUT2D eigenvalue weighted by molar-refractivity contribution is 7.80. The summed E-state index contributed by atoms with van der Waals surface area (Å²) in [6, 6.07) is 3.65. The van der Waals surface area contributed by atoms with Crippen LogP contribution < -0.4 is 0 Å². The topological polar surface area (TPSA) is 0 Å². The highest BCUT2D eigenvalue weighted by atomic mass is 35.5. The number of thiol groups is 1. The van der Waals surface area contributed by atoms with Gasteiger partial charge in [-0.15, -0.1) is 12.6 Å². The fourth-order valence-electron chi connectivity index (χ4n) is 0.642. The summed E-state index contributed by atoms with van der Waals surface area (Å²) in [6.45, 7) is 5.92. The summed E-state index contributed by atoms with van der Waals surface area (Å²) in [5.41, 5.74) is 0.996. The van der Waals surface area contributed by atoms with Crippen molar-refractivity contribution >= 4 is 35.8 Å². The van der Waals surface area contributed by atoms with Crippen LogP contribution in [0.5, 0.6) is 0 Å². The maximum absolute atomic E-state index is 5.82. The molecule has 0 aliphatic carbocycles. The van der Waals surface area contributed by atoms with Gasteiger partial charge in [0.2, 0.25) is 0 Å². The minimum absolute atomic E-state index is 0.596. The monoisotopic (exact) mass is 222 g/mol. The van der Waals surface area contributed by atoms with E-state index in [9.17, 15) is 0 Å². The number of aryl methyl sites for hydroxylation is 1. The van der Waals surface area contributed by atoms with Crippen molar-refractivity contribution in [3.8, 4) is 0 Å². The smallest absolute Gasteiger partial charge is 0.0583 e. The third-order valence-corrected chi connectivity index (χ3v) is 2.79. The van der Waals surface area contributed by atoms with E-state index in [1.807, 2.05) is 26.8 Å². The van der Waals surface area contributed by atoms with Crippen LogP contribution in [0.15, 0.2) is 17.0 Å². The third kappa shape index (κ3) is 2.89. The van der Waals surface area contributed by atoms with Crippen molar-refractivity contribution in [1.29, 1.82) is 0 Å². The van der Waals surface area contributed by atoms with Gasteiger partial charge in [-0.25, -0.2) is 0 Å². The van der Waals surface area contributed by atoms with Gasteiger partial charge in [-0.3, -0.25) is 0 Å². The van der Waals surface area contributed by atoms with Gasteiger partial charge in [0.25, 0.3) is 0 Å². The number of benzene rings is 1. The lowest BCUT2D eigenvalue weighted by Crippen LogP contribution is -1.77. The molecule has 0 bridgehead atoms. The lowest BCUT2D eigenvalue weighted by molar-refractivity contribution is 1.37. The summed E-state index contributed by atoms with van der Waals surface area (Å²) in [7, 11) is 0. The summed E-state index contributed by atoms with van der Waals surface area (Å²) in [5, 5.41) is 1.23. The van der Waals surface area contributed by atoms with Crippen molar-refractivity contribution in [2.24, 2.45) is 0 Å². The first-order chi connectivity index (χ1) is 5.63. The van der Waals surface area contributed by atoms with E-state index in [1.165, 1.54) is 0 Å². The number of hydrogen-bond donors (Lipinski definition) is 1. The fraction of sp³-hybridized carbons (Fsp3) is 0.333. The van der Waals surface area contributed by atoms with Crippen LogP contribution in [0, 0.1) is 6.92 Å². The maximum atomic E-state index is 5.82.